The molecule has 5 nitrogen and oxygen atoms in total. The van der Waals surface area contributed by atoms with Gasteiger partial charge >= 0.3 is 19.5 Å². The summed E-state index contributed by atoms with van der Waals surface area (Å²) < 4.78 is 0. The van der Waals surface area contributed by atoms with Gasteiger partial charge in [-0.25, -0.2) is 0 Å². The zero-order chi connectivity index (χ0) is 9.86. The molecule has 0 aliphatic carbocycles. The van der Waals surface area contributed by atoms with E-state index in [1.54, 1.807) is 6.92 Å². The molecule has 0 aromatic carbocycles. The number of hydrogen-bond acceptors (Lipinski definition) is 5. The van der Waals surface area contributed by atoms with Crippen molar-refractivity contribution < 1.29 is 44.4 Å². The molecule has 6 heteroatoms. The van der Waals surface area contributed by atoms with Crippen molar-refractivity contribution in [3.05, 3.63) is 0 Å². The van der Waals surface area contributed by atoms with Gasteiger partial charge in [0.1, 0.15) is 0 Å². The third-order valence-corrected chi connectivity index (χ3v) is 0. The van der Waals surface area contributed by atoms with Gasteiger partial charge in [-0.3, -0.25) is 0 Å². The molecule has 1 N–H and O–H groups in total. The molecule has 0 rings (SSSR count). The number of hydrogen-bond donors (Lipinski definition) is 1. The number of carbonyl (C=O) groups is 2. The summed E-state index contributed by atoms with van der Waals surface area (Å²) in [5.74, 6) is -2.17. The molecule has 12 heavy (non-hydrogen) atoms. The fraction of sp³-hybridized carbons (Fsp3) is 0.667. The third-order valence-electron chi connectivity index (χ3n) is 0. The van der Waals surface area contributed by atoms with E-state index in [-0.39, 0.29) is 26.1 Å². The first kappa shape index (κ1) is 22.5. The van der Waals surface area contributed by atoms with Crippen LogP contribution in [-0.2, 0) is 29.1 Å². The molecule has 0 saturated carbocycles. The van der Waals surface area contributed by atoms with Crippen molar-refractivity contribution in [1.29, 1.82) is 0 Å². The van der Waals surface area contributed by atoms with Crippen LogP contribution in [0.25, 0.3) is 0 Å². The Morgan fingerprint density at radius 3 is 1.17 bits per heavy atom. The van der Waals surface area contributed by atoms with Gasteiger partial charge in [0.15, 0.2) is 0 Å². The van der Waals surface area contributed by atoms with Crippen LogP contribution in [0, 0.1) is 0 Å². The fourth-order valence-electron chi connectivity index (χ4n) is 0. The van der Waals surface area contributed by atoms with E-state index in [0.29, 0.717) is 0 Å². The van der Waals surface area contributed by atoms with Gasteiger partial charge < -0.3 is 24.9 Å². The van der Waals surface area contributed by atoms with Crippen molar-refractivity contribution in [2.75, 3.05) is 6.61 Å². The Labute approximate surface area is 84.2 Å². The largest absolute Gasteiger partial charge is 2.00 e. The average Bonchev–Trinajstić information content (AvgIpc) is 1.60. The summed E-state index contributed by atoms with van der Waals surface area (Å²) in [5, 5.41) is 25.3. The van der Waals surface area contributed by atoms with Crippen molar-refractivity contribution in [1.82, 2.24) is 0 Å². The summed E-state index contributed by atoms with van der Waals surface area (Å²) in [5.41, 5.74) is 0. The van der Waals surface area contributed by atoms with Crippen LogP contribution in [-0.4, -0.2) is 23.7 Å². The van der Waals surface area contributed by atoms with Crippen molar-refractivity contribution in [2.45, 2.75) is 20.8 Å². The van der Waals surface area contributed by atoms with Crippen molar-refractivity contribution >= 4 is 11.9 Å². The molecule has 0 radical (unpaired) electrons. The van der Waals surface area contributed by atoms with E-state index in [9.17, 15) is 0 Å². The minimum absolute atomic E-state index is 0. The zero-order valence-electron chi connectivity index (χ0n) is 7.49. The molecule has 0 heterocycles. The summed E-state index contributed by atoms with van der Waals surface area (Å²) in [6.07, 6.45) is 0. The monoisotopic (exact) mass is 228 g/mol. The van der Waals surface area contributed by atoms with Gasteiger partial charge in [-0.05, 0) is 20.8 Å². The van der Waals surface area contributed by atoms with Crippen molar-refractivity contribution in [3.8, 4) is 0 Å². The summed E-state index contributed by atoms with van der Waals surface area (Å²) in [6.45, 7) is 3.88. The van der Waals surface area contributed by atoms with Gasteiger partial charge in [0.2, 0.25) is 0 Å². The van der Waals surface area contributed by atoms with Crippen LogP contribution >= 0.6 is 0 Å². The first-order valence-corrected chi connectivity index (χ1v) is 2.84. The second kappa shape index (κ2) is 22.4. The van der Waals surface area contributed by atoms with E-state index in [0.717, 1.165) is 13.8 Å². The molecule has 0 fully saturated rings. The molecule has 0 aliphatic heterocycles. The van der Waals surface area contributed by atoms with Gasteiger partial charge in [0.25, 0.3) is 0 Å². The second-order valence-electron chi connectivity index (χ2n) is 1.30. The van der Waals surface area contributed by atoms with Gasteiger partial charge in [-0.1, -0.05) is 0 Å². The number of aliphatic hydroxyl groups excluding tert-OH is 1. The summed E-state index contributed by atoms with van der Waals surface area (Å²) in [7, 11) is 0. The Balaban J connectivity index is -0.0000000389. The molecule has 0 aliphatic rings. The van der Waals surface area contributed by atoms with E-state index in [2.05, 4.69) is 0 Å². The Morgan fingerprint density at radius 2 is 1.17 bits per heavy atom. The number of carbonyl (C=O) groups excluding carboxylic acids is 2. The van der Waals surface area contributed by atoms with Gasteiger partial charge in [0, 0.05) is 18.5 Å². The first-order valence-electron chi connectivity index (χ1n) is 2.84. The summed E-state index contributed by atoms with van der Waals surface area (Å²) in [4.78, 5) is 17.8. The molecule has 0 unspecified atom stereocenters. The Morgan fingerprint density at radius 1 is 1.17 bits per heavy atom. The average molecular weight is 230 g/mol. The first-order chi connectivity index (χ1) is 4.88. The molecule has 0 saturated heterocycles. The zero-order valence-corrected chi connectivity index (χ0v) is 10.5. The van der Waals surface area contributed by atoms with Gasteiger partial charge in [0.05, 0.1) is 0 Å². The predicted molar refractivity (Wildman–Crippen MR) is 34.1 cm³/mol. The molecule has 0 spiro atoms. The second-order valence-corrected chi connectivity index (χ2v) is 1.30. The van der Waals surface area contributed by atoms with E-state index < -0.39 is 11.9 Å². The molecular formula is C6H12O5Zn. The predicted octanol–water partition coefficient (Wildman–Crippen LogP) is -2.49. The summed E-state index contributed by atoms with van der Waals surface area (Å²) >= 11 is 0. The maximum atomic E-state index is 8.89. The van der Waals surface area contributed by atoms with Crippen LogP contribution in [0.15, 0.2) is 0 Å². The van der Waals surface area contributed by atoms with E-state index >= 15 is 0 Å². The molecule has 0 amide bonds. The fourth-order valence-corrected chi connectivity index (χ4v) is 0. The Bertz CT molecular complexity index is 84.1. The van der Waals surface area contributed by atoms with E-state index in [1.807, 2.05) is 0 Å². The number of carboxylic acid groups (broad SMARTS) is 2. The molecular weight excluding hydrogens is 217 g/mol. The van der Waals surface area contributed by atoms with Gasteiger partial charge in [-0.2, -0.15) is 0 Å². The normalized spacial score (nSPS) is 5.67. The quantitative estimate of drug-likeness (QED) is 0.463. The third kappa shape index (κ3) is 3050. The SMILES string of the molecule is CC(=O)[O-].CC(=O)[O-].CCO.[Zn+2]. The molecule has 0 atom stereocenters. The van der Waals surface area contributed by atoms with Crippen LogP contribution in [0.2, 0.25) is 0 Å². The topological polar surface area (TPSA) is 100 Å². The smallest absolute Gasteiger partial charge is 0.550 e. The van der Waals surface area contributed by atoms with Crippen molar-refractivity contribution in [3.63, 3.8) is 0 Å². The summed E-state index contributed by atoms with van der Waals surface area (Å²) in [6, 6.07) is 0. The van der Waals surface area contributed by atoms with E-state index in [4.69, 9.17) is 24.9 Å². The van der Waals surface area contributed by atoms with Crippen LogP contribution in [0.1, 0.15) is 20.8 Å². The maximum Gasteiger partial charge on any atom is 2.00 e. The number of aliphatic carboxylic acids is 2. The van der Waals surface area contributed by atoms with Crippen LogP contribution in [0.3, 0.4) is 0 Å². The van der Waals surface area contributed by atoms with Crippen molar-refractivity contribution in [2.24, 2.45) is 0 Å². The molecule has 0 aromatic rings. The number of carboxylic acids is 2. The molecule has 68 valence electrons. The van der Waals surface area contributed by atoms with Gasteiger partial charge in [-0.15, -0.1) is 0 Å². The number of aliphatic hydroxyl groups is 1. The van der Waals surface area contributed by atoms with E-state index in [1.165, 1.54) is 0 Å². The van der Waals surface area contributed by atoms with Crippen LogP contribution < -0.4 is 10.2 Å². The number of rotatable bonds is 0. The van der Waals surface area contributed by atoms with Crippen LogP contribution in [0.5, 0.6) is 0 Å². The molecule has 0 aromatic heterocycles. The molecule has 0 bridgehead atoms. The minimum atomic E-state index is -1.08. The van der Waals surface area contributed by atoms with Crippen LogP contribution in [0.4, 0.5) is 0 Å². The minimum Gasteiger partial charge on any atom is -0.550 e. The Hall–Kier alpha value is -0.477. The Kier molecular flexibility index (Phi) is 42.1. The standard InChI is InChI=1S/2C2H4O2.C2H6O.Zn/c2*1-2(3)4;1-2-3;/h2*1H3,(H,3,4);3H,2H2,1H3;/q;;;+2/p-2. The maximum absolute atomic E-state index is 8.89.